The molecule has 1 atom stereocenters. The minimum Gasteiger partial charge on any atom is -0.388 e. The number of nitrogens with one attached hydrogen (secondary N) is 2. The molecule has 1 aromatic rings. The molecule has 88 valence electrons. The molecule has 0 aromatic carbocycles. The number of rotatable bonds is 4. The fourth-order valence-corrected chi connectivity index (χ4v) is 1.01. The van der Waals surface area contributed by atoms with Crippen molar-refractivity contribution in [1.82, 2.24) is 10.3 Å². The molecule has 0 fully saturated rings. The summed E-state index contributed by atoms with van der Waals surface area (Å²) in [5, 5.41) is 14.9. The van der Waals surface area contributed by atoms with Crippen LogP contribution in [0.3, 0.4) is 0 Å². The summed E-state index contributed by atoms with van der Waals surface area (Å²) in [5.74, 6) is 0. The van der Waals surface area contributed by atoms with E-state index in [1.54, 1.807) is 31.5 Å². The first-order valence-corrected chi connectivity index (χ1v) is 5.21. The molecule has 1 heterocycles. The van der Waals surface area contributed by atoms with Gasteiger partial charge < -0.3 is 15.7 Å². The number of hydrogen-bond donors (Lipinski definition) is 3. The van der Waals surface area contributed by atoms with Crippen molar-refractivity contribution in [3.8, 4) is 0 Å². The number of hydrogen-bond acceptors (Lipinski definition) is 3. The van der Waals surface area contributed by atoms with E-state index in [0.717, 1.165) is 0 Å². The average molecular weight is 223 g/mol. The molecule has 0 aliphatic carbocycles. The normalized spacial score (nSPS) is 13.9. The Kier molecular flexibility index (Phi) is 4.25. The third kappa shape index (κ3) is 4.27. The maximum Gasteiger partial charge on any atom is 0.319 e. The van der Waals surface area contributed by atoms with Gasteiger partial charge in [-0.2, -0.15) is 0 Å². The van der Waals surface area contributed by atoms with Crippen LogP contribution < -0.4 is 10.6 Å². The maximum atomic E-state index is 11.4. The molecule has 0 bridgehead atoms. The number of nitrogens with zero attached hydrogens (tertiary/aromatic N) is 1. The molecule has 0 aliphatic heterocycles. The van der Waals surface area contributed by atoms with Gasteiger partial charge in [0.05, 0.1) is 5.60 Å². The third-order valence-electron chi connectivity index (χ3n) is 2.33. The van der Waals surface area contributed by atoms with Crippen LogP contribution in [0.4, 0.5) is 10.5 Å². The van der Waals surface area contributed by atoms with Gasteiger partial charge >= 0.3 is 6.03 Å². The lowest BCUT2D eigenvalue weighted by Gasteiger charge is -2.21. The molecule has 0 saturated heterocycles. The zero-order valence-corrected chi connectivity index (χ0v) is 9.53. The SMILES string of the molecule is CC[C@](C)(O)CNC(=O)Nc1ccncc1. The highest BCUT2D eigenvalue weighted by Crippen LogP contribution is 2.06. The molecule has 5 heteroatoms. The highest BCUT2D eigenvalue weighted by atomic mass is 16.3. The minimum absolute atomic E-state index is 0.223. The van der Waals surface area contributed by atoms with Gasteiger partial charge in [0.1, 0.15) is 0 Å². The number of carbonyl (C=O) groups is 1. The van der Waals surface area contributed by atoms with Gasteiger partial charge in [-0.05, 0) is 25.5 Å². The van der Waals surface area contributed by atoms with E-state index in [0.29, 0.717) is 12.1 Å². The number of carbonyl (C=O) groups excluding carboxylic acids is 1. The highest BCUT2D eigenvalue weighted by molar-refractivity contribution is 5.89. The van der Waals surface area contributed by atoms with Gasteiger partial charge in [0, 0.05) is 24.6 Å². The van der Waals surface area contributed by atoms with E-state index in [4.69, 9.17) is 0 Å². The van der Waals surface area contributed by atoms with Crippen LogP contribution in [0.1, 0.15) is 20.3 Å². The fraction of sp³-hybridized carbons (Fsp3) is 0.455. The topological polar surface area (TPSA) is 74.2 Å². The van der Waals surface area contributed by atoms with Crippen molar-refractivity contribution in [2.45, 2.75) is 25.9 Å². The van der Waals surface area contributed by atoms with Crippen LogP contribution in [-0.2, 0) is 0 Å². The number of anilines is 1. The molecule has 2 amide bonds. The zero-order chi connectivity index (χ0) is 12.0. The van der Waals surface area contributed by atoms with E-state index in [9.17, 15) is 9.90 Å². The van der Waals surface area contributed by atoms with E-state index in [-0.39, 0.29) is 12.6 Å². The van der Waals surface area contributed by atoms with E-state index >= 15 is 0 Å². The van der Waals surface area contributed by atoms with Crippen molar-refractivity contribution >= 4 is 11.7 Å². The molecule has 0 radical (unpaired) electrons. The van der Waals surface area contributed by atoms with Crippen LogP contribution >= 0.6 is 0 Å². The molecule has 1 rings (SSSR count). The number of amides is 2. The van der Waals surface area contributed by atoms with Gasteiger partial charge in [0.2, 0.25) is 0 Å². The smallest absolute Gasteiger partial charge is 0.319 e. The first-order chi connectivity index (χ1) is 7.53. The number of urea groups is 1. The average Bonchev–Trinajstić information content (AvgIpc) is 2.28. The molecular weight excluding hydrogens is 206 g/mol. The van der Waals surface area contributed by atoms with Gasteiger partial charge in [-0.25, -0.2) is 4.79 Å². The second kappa shape index (κ2) is 5.46. The molecule has 16 heavy (non-hydrogen) atoms. The van der Waals surface area contributed by atoms with Gasteiger partial charge in [0.15, 0.2) is 0 Å². The minimum atomic E-state index is -0.865. The number of aliphatic hydroxyl groups is 1. The molecule has 0 saturated carbocycles. The summed E-state index contributed by atoms with van der Waals surface area (Å²) in [7, 11) is 0. The summed E-state index contributed by atoms with van der Waals surface area (Å²) < 4.78 is 0. The standard InChI is InChI=1S/C11H17N3O2/c1-3-11(2,16)8-13-10(15)14-9-4-6-12-7-5-9/h4-7,16H,3,8H2,1-2H3,(H2,12,13,14,15)/t11-/m0/s1. The van der Waals surface area contributed by atoms with E-state index in [1.807, 2.05) is 6.92 Å². The second-order valence-corrected chi connectivity index (χ2v) is 3.89. The number of aromatic nitrogens is 1. The van der Waals surface area contributed by atoms with Crippen LogP contribution in [0.5, 0.6) is 0 Å². The highest BCUT2D eigenvalue weighted by Gasteiger charge is 2.18. The van der Waals surface area contributed by atoms with Crippen LogP contribution in [0.2, 0.25) is 0 Å². The quantitative estimate of drug-likeness (QED) is 0.721. The van der Waals surface area contributed by atoms with Crippen molar-refractivity contribution in [2.75, 3.05) is 11.9 Å². The van der Waals surface area contributed by atoms with Crippen molar-refractivity contribution < 1.29 is 9.90 Å². The fourth-order valence-electron chi connectivity index (χ4n) is 1.01. The molecule has 1 aromatic heterocycles. The van der Waals surface area contributed by atoms with E-state index in [2.05, 4.69) is 15.6 Å². The molecule has 5 nitrogen and oxygen atoms in total. The van der Waals surface area contributed by atoms with Crippen molar-refractivity contribution in [3.63, 3.8) is 0 Å². The van der Waals surface area contributed by atoms with Gasteiger partial charge in [0.25, 0.3) is 0 Å². The van der Waals surface area contributed by atoms with Gasteiger partial charge in [-0.15, -0.1) is 0 Å². The van der Waals surface area contributed by atoms with Gasteiger partial charge in [-0.1, -0.05) is 6.92 Å². The lowest BCUT2D eigenvalue weighted by molar-refractivity contribution is 0.0587. The third-order valence-corrected chi connectivity index (χ3v) is 2.33. The lowest BCUT2D eigenvalue weighted by Crippen LogP contribution is -2.41. The molecule has 0 spiro atoms. The van der Waals surface area contributed by atoms with Gasteiger partial charge in [-0.3, -0.25) is 4.98 Å². The molecule has 0 unspecified atom stereocenters. The summed E-state index contributed by atoms with van der Waals surface area (Å²) >= 11 is 0. The second-order valence-electron chi connectivity index (χ2n) is 3.89. The monoisotopic (exact) mass is 223 g/mol. The lowest BCUT2D eigenvalue weighted by atomic mass is 10.0. The Labute approximate surface area is 94.9 Å². The Hall–Kier alpha value is -1.62. The first-order valence-electron chi connectivity index (χ1n) is 5.21. The Balaban J connectivity index is 2.38. The molecule has 3 N–H and O–H groups in total. The van der Waals surface area contributed by atoms with Crippen LogP contribution in [-0.4, -0.2) is 28.3 Å². The summed E-state index contributed by atoms with van der Waals surface area (Å²) in [6, 6.07) is 3.05. The molecule has 0 aliphatic rings. The Morgan fingerprint density at radius 2 is 2.12 bits per heavy atom. The predicted molar refractivity (Wildman–Crippen MR) is 62.2 cm³/mol. The largest absolute Gasteiger partial charge is 0.388 e. The summed E-state index contributed by atoms with van der Waals surface area (Å²) in [6.45, 7) is 3.77. The van der Waals surface area contributed by atoms with Crippen molar-refractivity contribution in [1.29, 1.82) is 0 Å². The molecular formula is C11H17N3O2. The number of pyridine rings is 1. The maximum absolute atomic E-state index is 11.4. The summed E-state index contributed by atoms with van der Waals surface area (Å²) in [5.41, 5.74) is -0.195. The predicted octanol–water partition coefficient (Wildman–Crippen LogP) is 1.36. The Morgan fingerprint density at radius 1 is 1.50 bits per heavy atom. The van der Waals surface area contributed by atoms with E-state index in [1.165, 1.54) is 0 Å². The van der Waals surface area contributed by atoms with Crippen molar-refractivity contribution in [3.05, 3.63) is 24.5 Å². The van der Waals surface area contributed by atoms with Crippen molar-refractivity contribution in [2.24, 2.45) is 0 Å². The Bertz CT molecular complexity index is 338. The van der Waals surface area contributed by atoms with E-state index < -0.39 is 5.60 Å². The van der Waals surface area contributed by atoms with Crippen LogP contribution in [0.25, 0.3) is 0 Å². The first kappa shape index (κ1) is 12.4. The zero-order valence-electron chi connectivity index (χ0n) is 9.53. The Morgan fingerprint density at radius 3 is 2.69 bits per heavy atom. The summed E-state index contributed by atoms with van der Waals surface area (Å²) in [4.78, 5) is 15.3. The van der Waals surface area contributed by atoms with Crippen LogP contribution in [0, 0.1) is 0 Å². The van der Waals surface area contributed by atoms with Crippen LogP contribution in [0.15, 0.2) is 24.5 Å². The summed E-state index contributed by atoms with van der Waals surface area (Å²) in [6.07, 6.45) is 3.78.